The zero-order valence-corrected chi connectivity index (χ0v) is 7.34. The Morgan fingerprint density at radius 2 is 2.17 bits per heavy atom. The summed E-state index contributed by atoms with van der Waals surface area (Å²) in [6.45, 7) is 7.39. The van der Waals surface area contributed by atoms with Gasteiger partial charge in [0.05, 0.1) is 0 Å². The molecule has 0 aromatic carbocycles. The van der Waals surface area contributed by atoms with E-state index in [9.17, 15) is 4.48 Å². The van der Waals surface area contributed by atoms with Crippen molar-refractivity contribution in [2.75, 3.05) is 0 Å². The lowest BCUT2D eigenvalue weighted by molar-refractivity contribution is 0.139. The molecule has 12 heavy (non-hydrogen) atoms. The first kappa shape index (κ1) is 8.78. The highest BCUT2D eigenvalue weighted by molar-refractivity contribution is 5.41. The summed E-state index contributed by atoms with van der Waals surface area (Å²) in [5.74, 6) is 0. The van der Waals surface area contributed by atoms with Gasteiger partial charge in [-0.1, -0.05) is 22.7 Å². The van der Waals surface area contributed by atoms with Crippen LogP contribution in [0.15, 0.2) is 47.9 Å². The fourth-order valence-corrected chi connectivity index (χ4v) is 0.885. The van der Waals surface area contributed by atoms with E-state index >= 15 is 0 Å². The molecule has 0 unspecified atom stereocenters. The summed E-state index contributed by atoms with van der Waals surface area (Å²) in [5, 5.41) is 0.590. The average molecular weight is 165 g/mol. The van der Waals surface area contributed by atoms with Gasteiger partial charge in [-0.3, -0.25) is 0 Å². The highest BCUT2D eigenvalue weighted by atomic mass is 19.2. The van der Waals surface area contributed by atoms with Crippen molar-refractivity contribution in [3.05, 3.63) is 47.9 Å². The second-order valence-electron chi connectivity index (χ2n) is 2.84. The van der Waals surface area contributed by atoms with E-state index in [4.69, 9.17) is 0 Å². The molecule has 1 heterocycles. The molecule has 0 aliphatic carbocycles. The Bertz CT molecular complexity index is 284. The van der Waals surface area contributed by atoms with Crippen molar-refractivity contribution < 1.29 is 4.48 Å². The Hall–Kier alpha value is -1.31. The van der Waals surface area contributed by atoms with Crippen LogP contribution in [-0.2, 0) is 0 Å². The summed E-state index contributed by atoms with van der Waals surface area (Å²) in [6.07, 6.45) is 6.67. The molecule has 1 nitrogen and oxygen atoms in total. The predicted molar refractivity (Wildman–Crippen MR) is 48.7 cm³/mol. The molecule has 1 aliphatic heterocycles. The minimum Gasteiger partial charge on any atom is -0.191 e. The molecular weight excluding hydrogens is 153 g/mol. The van der Waals surface area contributed by atoms with Crippen molar-refractivity contribution in [1.29, 1.82) is 0 Å². The maximum Gasteiger partial charge on any atom is 0.0483 e. The van der Waals surface area contributed by atoms with Gasteiger partial charge in [0, 0.05) is 11.9 Å². The van der Waals surface area contributed by atoms with E-state index in [2.05, 4.69) is 6.58 Å². The minimum atomic E-state index is 0.572. The molecule has 1 aliphatic rings. The lowest BCUT2D eigenvalue weighted by atomic mass is 10.1. The summed E-state index contributed by atoms with van der Waals surface area (Å²) in [6, 6.07) is 0. The molecule has 64 valence electrons. The molecule has 0 saturated heterocycles. The van der Waals surface area contributed by atoms with Crippen LogP contribution < -0.4 is 0 Å². The quantitative estimate of drug-likeness (QED) is 0.539. The Morgan fingerprint density at radius 3 is 2.75 bits per heavy atom. The van der Waals surface area contributed by atoms with Crippen LogP contribution in [0.2, 0.25) is 0 Å². The first-order valence-corrected chi connectivity index (χ1v) is 3.79. The molecule has 0 aromatic rings. The molecule has 0 spiro atoms. The van der Waals surface area contributed by atoms with Gasteiger partial charge in [0.2, 0.25) is 0 Å². The fraction of sp³-hybridized carbons (Fsp3) is 0.200. The van der Waals surface area contributed by atoms with E-state index in [0.717, 1.165) is 11.1 Å². The summed E-state index contributed by atoms with van der Waals surface area (Å²) in [7, 11) is 0. The van der Waals surface area contributed by atoms with Crippen molar-refractivity contribution in [2.24, 2.45) is 0 Å². The number of halogens is 1. The van der Waals surface area contributed by atoms with Crippen molar-refractivity contribution >= 4 is 0 Å². The van der Waals surface area contributed by atoms with Gasteiger partial charge in [-0.2, -0.15) is 5.12 Å². The highest BCUT2D eigenvalue weighted by Crippen LogP contribution is 2.16. The van der Waals surface area contributed by atoms with Crippen molar-refractivity contribution in [3.8, 4) is 0 Å². The zero-order chi connectivity index (χ0) is 9.14. The van der Waals surface area contributed by atoms with Gasteiger partial charge in [-0.05, 0) is 31.6 Å². The number of allylic oxidation sites excluding steroid dienone is 6. The molecule has 0 N–H and O–H groups in total. The topological polar surface area (TPSA) is 3.24 Å². The molecule has 0 aromatic heterocycles. The highest BCUT2D eigenvalue weighted by Gasteiger charge is 2.02. The predicted octanol–water partition coefficient (Wildman–Crippen LogP) is 3.11. The van der Waals surface area contributed by atoms with Gasteiger partial charge in [0.15, 0.2) is 0 Å². The van der Waals surface area contributed by atoms with Crippen molar-refractivity contribution in [2.45, 2.75) is 13.8 Å². The maximum absolute atomic E-state index is 12.9. The van der Waals surface area contributed by atoms with Crippen molar-refractivity contribution in [3.63, 3.8) is 0 Å². The van der Waals surface area contributed by atoms with Crippen LogP contribution in [0.3, 0.4) is 0 Å². The number of rotatable bonds is 1. The van der Waals surface area contributed by atoms with E-state index in [1.54, 1.807) is 19.1 Å². The van der Waals surface area contributed by atoms with Crippen LogP contribution in [0.5, 0.6) is 0 Å². The number of hydrogen-bond acceptors (Lipinski definition) is 1. The average Bonchev–Trinajstić information content (AvgIpc) is 2.16. The van der Waals surface area contributed by atoms with Crippen LogP contribution in [0.4, 0.5) is 4.48 Å². The molecule has 0 bridgehead atoms. The third-order valence-corrected chi connectivity index (χ3v) is 1.72. The standard InChI is InChI=1S/C10H12FN/c1-8(2)10-5-4-9(3)12(11)7-6-10/h4-7H,1H2,2-3H3. The van der Waals surface area contributed by atoms with Crippen LogP contribution >= 0.6 is 0 Å². The Balaban J connectivity index is 2.96. The Morgan fingerprint density at radius 1 is 1.50 bits per heavy atom. The molecule has 0 amide bonds. The SMILES string of the molecule is C=C(C)C1=CC=C(C)N(F)C=C1. The second kappa shape index (κ2) is 3.39. The van der Waals surface area contributed by atoms with Crippen LogP contribution in [0.25, 0.3) is 0 Å². The van der Waals surface area contributed by atoms with Crippen LogP contribution in [0, 0.1) is 0 Å². The van der Waals surface area contributed by atoms with Gasteiger partial charge >= 0.3 is 0 Å². The van der Waals surface area contributed by atoms with Gasteiger partial charge in [-0.25, -0.2) is 0 Å². The normalized spacial score (nSPS) is 16.8. The summed E-state index contributed by atoms with van der Waals surface area (Å²) in [4.78, 5) is 0. The summed E-state index contributed by atoms with van der Waals surface area (Å²) < 4.78 is 12.9. The van der Waals surface area contributed by atoms with Gasteiger partial charge < -0.3 is 0 Å². The van der Waals surface area contributed by atoms with Gasteiger partial charge in [0.1, 0.15) is 0 Å². The summed E-state index contributed by atoms with van der Waals surface area (Å²) >= 11 is 0. The Kier molecular flexibility index (Phi) is 2.48. The van der Waals surface area contributed by atoms with Gasteiger partial charge in [-0.15, -0.1) is 0 Å². The third-order valence-electron chi connectivity index (χ3n) is 1.72. The van der Waals surface area contributed by atoms with Crippen LogP contribution in [-0.4, -0.2) is 5.12 Å². The first-order chi connectivity index (χ1) is 5.61. The third kappa shape index (κ3) is 1.84. The minimum absolute atomic E-state index is 0.572. The summed E-state index contributed by atoms with van der Waals surface area (Å²) in [5.41, 5.74) is 2.46. The maximum atomic E-state index is 12.9. The lowest BCUT2D eigenvalue weighted by Gasteiger charge is -2.05. The second-order valence-corrected chi connectivity index (χ2v) is 2.84. The van der Waals surface area contributed by atoms with E-state index in [0.29, 0.717) is 10.8 Å². The fourth-order valence-electron chi connectivity index (χ4n) is 0.885. The number of nitrogens with zero attached hydrogens (tertiary/aromatic N) is 1. The van der Waals surface area contributed by atoms with E-state index in [1.807, 2.05) is 13.0 Å². The molecular formula is C10H12FN. The lowest BCUT2D eigenvalue weighted by Crippen LogP contribution is -1.99. The number of hydrogen-bond donors (Lipinski definition) is 0. The van der Waals surface area contributed by atoms with Crippen LogP contribution in [0.1, 0.15) is 13.8 Å². The van der Waals surface area contributed by atoms with Gasteiger partial charge in [0.25, 0.3) is 0 Å². The zero-order valence-electron chi connectivity index (χ0n) is 7.34. The molecule has 0 fully saturated rings. The van der Waals surface area contributed by atoms with E-state index in [-0.39, 0.29) is 0 Å². The molecule has 0 radical (unpaired) electrons. The monoisotopic (exact) mass is 165 g/mol. The smallest absolute Gasteiger partial charge is 0.0483 e. The van der Waals surface area contributed by atoms with E-state index in [1.165, 1.54) is 6.20 Å². The van der Waals surface area contributed by atoms with Crippen molar-refractivity contribution in [1.82, 2.24) is 5.12 Å². The molecule has 2 heteroatoms. The molecule has 1 rings (SSSR count). The largest absolute Gasteiger partial charge is 0.191 e. The Labute approximate surface area is 72.1 Å². The first-order valence-electron chi connectivity index (χ1n) is 3.79. The molecule has 0 saturated carbocycles. The van der Waals surface area contributed by atoms with E-state index < -0.39 is 0 Å². The molecule has 0 atom stereocenters.